The van der Waals surface area contributed by atoms with Gasteiger partial charge in [0.1, 0.15) is 30.5 Å². The van der Waals surface area contributed by atoms with E-state index < -0.39 is 12.6 Å². The van der Waals surface area contributed by atoms with E-state index in [1.165, 1.54) is 0 Å². The lowest BCUT2D eigenvalue weighted by Gasteiger charge is -2.12. The lowest BCUT2D eigenvalue weighted by Crippen LogP contribution is -2.10. The zero-order chi connectivity index (χ0) is 22.2. The topological polar surface area (TPSA) is 77.9 Å². The average Bonchev–Trinajstić information content (AvgIpc) is 3.05. The second-order valence-corrected chi connectivity index (χ2v) is 7.17. The van der Waals surface area contributed by atoms with E-state index in [1.807, 2.05) is 72.8 Å². The molecule has 1 aliphatic carbocycles. The lowest BCUT2D eigenvalue weighted by atomic mass is 10.2. The summed E-state index contributed by atoms with van der Waals surface area (Å²) >= 11 is 0. The molecular weight excluding hydrogens is 406 g/mol. The van der Waals surface area contributed by atoms with Crippen LogP contribution < -0.4 is 4.74 Å². The fourth-order valence-corrected chi connectivity index (χ4v) is 3.22. The Morgan fingerprint density at radius 1 is 0.938 bits per heavy atom. The molecule has 1 heterocycles. The van der Waals surface area contributed by atoms with E-state index in [-0.39, 0.29) is 6.61 Å². The Balaban J connectivity index is 1.31. The maximum absolute atomic E-state index is 10.8. The van der Waals surface area contributed by atoms with E-state index in [0.717, 1.165) is 27.9 Å². The predicted octanol–water partition coefficient (Wildman–Crippen LogP) is 5.16. The first-order valence-electron chi connectivity index (χ1n) is 10.3. The molecule has 2 aromatic carbocycles. The van der Waals surface area contributed by atoms with Gasteiger partial charge >= 0.3 is 5.97 Å². The number of carboxylic acids is 1. The van der Waals surface area contributed by atoms with Crippen LogP contribution in [0.4, 0.5) is 0 Å². The number of hydrogen-bond acceptors (Lipinski definition) is 5. The number of para-hydroxylation sites is 2. The van der Waals surface area contributed by atoms with Crippen molar-refractivity contribution in [3.05, 3.63) is 108 Å². The summed E-state index contributed by atoms with van der Waals surface area (Å²) in [6.45, 7) is 0.266. The molecule has 6 heteroatoms. The van der Waals surface area contributed by atoms with Gasteiger partial charge in [0, 0.05) is 17.4 Å². The number of aromatic nitrogens is 1. The highest BCUT2D eigenvalue weighted by Gasteiger charge is 2.08. The minimum Gasteiger partial charge on any atom is -0.491 e. The third-order valence-electron chi connectivity index (χ3n) is 4.83. The Bertz CT molecular complexity index is 1200. The van der Waals surface area contributed by atoms with Crippen LogP contribution in [-0.4, -0.2) is 22.7 Å². The van der Waals surface area contributed by atoms with Gasteiger partial charge in [-0.3, -0.25) is 0 Å². The molecule has 0 saturated carbocycles. The molecule has 0 fully saturated rings. The number of hydrogen-bond donors (Lipinski definition) is 1. The third kappa shape index (κ3) is 5.76. The van der Waals surface area contributed by atoms with Crippen LogP contribution in [0.1, 0.15) is 17.7 Å². The molecule has 6 nitrogen and oxygen atoms in total. The molecular formula is C26H23NO5. The fourth-order valence-electron chi connectivity index (χ4n) is 3.22. The number of fused-ring (bicyclic) bond motifs is 1. The maximum atomic E-state index is 10.8. The van der Waals surface area contributed by atoms with Gasteiger partial charge in [0.25, 0.3) is 0 Å². The standard InChI is InChI=1S/C26H23NO5/c28-26(29)18-32-25-11-4-2-7-20(25)16-30-22-8-5-9-23(15-14-22)31-17-21-13-12-19-6-1-3-10-24(19)27-21/h1-14H,15-18H2,(H,28,29). The summed E-state index contributed by atoms with van der Waals surface area (Å²) in [4.78, 5) is 15.4. The van der Waals surface area contributed by atoms with Gasteiger partial charge < -0.3 is 19.3 Å². The summed E-state index contributed by atoms with van der Waals surface area (Å²) < 4.78 is 17.2. The van der Waals surface area contributed by atoms with Crippen molar-refractivity contribution in [3.8, 4) is 5.75 Å². The molecule has 1 aliphatic rings. The van der Waals surface area contributed by atoms with Gasteiger partial charge in [-0.15, -0.1) is 0 Å². The normalized spacial score (nSPS) is 13.1. The van der Waals surface area contributed by atoms with Crippen molar-refractivity contribution in [2.75, 3.05) is 6.61 Å². The largest absolute Gasteiger partial charge is 0.491 e. The fraction of sp³-hybridized carbons (Fsp3) is 0.154. The highest BCUT2D eigenvalue weighted by atomic mass is 16.5. The van der Waals surface area contributed by atoms with Crippen LogP contribution in [0.15, 0.2) is 96.5 Å². The Morgan fingerprint density at radius 2 is 1.78 bits per heavy atom. The first-order chi connectivity index (χ1) is 15.7. The van der Waals surface area contributed by atoms with Crippen molar-refractivity contribution in [2.24, 2.45) is 0 Å². The minimum atomic E-state index is -1.02. The van der Waals surface area contributed by atoms with Gasteiger partial charge in [0.05, 0.1) is 11.2 Å². The van der Waals surface area contributed by atoms with Crippen molar-refractivity contribution < 1.29 is 24.1 Å². The van der Waals surface area contributed by atoms with Gasteiger partial charge in [-0.2, -0.15) is 0 Å². The lowest BCUT2D eigenvalue weighted by molar-refractivity contribution is -0.139. The minimum absolute atomic E-state index is 0.267. The number of benzene rings is 2. The molecule has 3 aromatic rings. The van der Waals surface area contributed by atoms with Crippen LogP contribution in [0, 0.1) is 0 Å². The van der Waals surface area contributed by atoms with Gasteiger partial charge in [-0.05, 0) is 36.4 Å². The van der Waals surface area contributed by atoms with Crippen LogP contribution in [0.5, 0.6) is 5.75 Å². The molecule has 0 aliphatic heterocycles. The highest BCUT2D eigenvalue weighted by molar-refractivity contribution is 5.78. The van der Waals surface area contributed by atoms with Crippen molar-refractivity contribution in [1.29, 1.82) is 0 Å². The van der Waals surface area contributed by atoms with Crippen molar-refractivity contribution in [3.63, 3.8) is 0 Å². The maximum Gasteiger partial charge on any atom is 0.341 e. The van der Waals surface area contributed by atoms with Gasteiger partial charge in [-0.1, -0.05) is 48.5 Å². The summed E-state index contributed by atoms with van der Waals surface area (Å²) in [5.74, 6) is 1.00. The Morgan fingerprint density at radius 3 is 2.69 bits per heavy atom. The molecule has 162 valence electrons. The number of nitrogens with zero attached hydrogens (tertiary/aromatic N) is 1. The molecule has 32 heavy (non-hydrogen) atoms. The number of rotatable bonds is 9. The van der Waals surface area contributed by atoms with Crippen LogP contribution in [0.3, 0.4) is 0 Å². The molecule has 0 saturated heterocycles. The number of carbonyl (C=O) groups is 1. The number of ether oxygens (including phenoxy) is 3. The van der Waals surface area contributed by atoms with Crippen LogP contribution in [-0.2, 0) is 27.5 Å². The summed E-state index contributed by atoms with van der Waals surface area (Å²) in [6.07, 6.45) is 8.20. The van der Waals surface area contributed by atoms with Crippen LogP contribution in [0.25, 0.3) is 10.9 Å². The summed E-state index contributed by atoms with van der Waals surface area (Å²) in [5.41, 5.74) is 2.60. The van der Waals surface area contributed by atoms with Crippen LogP contribution >= 0.6 is 0 Å². The smallest absolute Gasteiger partial charge is 0.341 e. The first-order valence-corrected chi connectivity index (χ1v) is 10.3. The zero-order valence-electron chi connectivity index (χ0n) is 17.4. The van der Waals surface area contributed by atoms with Crippen molar-refractivity contribution in [2.45, 2.75) is 19.6 Å². The predicted molar refractivity (Wildman–Crippen MR) is 121 cm³/mol. The average molecular weight is 429 g/mol. The van der Waals surface area contributed by atoms with E-state index in [4.69, 9.17) is 19.3 Å². The molecule has 0 amide bonds. The molecule has 0 unspecified atom stereocenters. The number of aliphatic carboxylic acids is 1. The van der Waals surface area contributed by atoms with Crippen molar-refractivity contribution in [1.82, 2.24) is 4.98 Å². The molecule has 1 N–H and O–H groups in total. The zero-order valence-corrected chi connectivity index (χ0v) is 17.4. The molecule has 0 atom stereocenters. The van der Waals surface area contributed by atoms with E-state index in [2.05, 4.69) is 4.98 Å². The van der Waals surface area contributed by atoms with E-state index >= 15 is 0 Å². The molecule has 0 radical (unpaired) electrons. The quantitative estimate of drug-likeness (QED) is 0.506. The van der Waals surface area contributed by atoms with Crippen molar-refractivity contribution >= 4 is 16.9 Å². The summed E-state index contributed by atoms with van der Waals surface area (Å²) in [7, 11) is 0. The Hall–Kier alpha value is -4.06. The van der Waals surface area contributed by atoms with Gasteiger partial charge in [-0.25, -0.2) is 9.78 Å². The second kappa shape index (κ2) is 10.3. The van der Waals surface area contributed by atoms with Gasteiger partial charge in [0.15, 0.2) is 6.61 Å². The number of allylic oxidation sites excluding steroid dienone is 4. The number of pyridine rings is 1. The molecule has 4 rings (SSSR count). The van der Waals surface area contributed by atoms with E-state index in [9.17, 15) is 4.79 Å². The van der Waals surface area contributed by atoms with E-state index in [0.29, 0.717) is 24.5 Å². The molecule has 0 spiro atoms. The summed E-state index contributed by atoms with van der Waals surface area (Å²) in [6, 6.07) is 19.3. The SMILES string of the molecule is O=C(O)COc1ccccc1COC1=CCC(OCc2ccc3ccccc3n2)=CC=C1. The second-order valence-electron chi connectivity index (χ2n) is 7.17. The number of carboxylic acid groups (broad SMARTS) is 1. The summed E-state index contributed by atoms with van der Waals surface area (Å²) in [5, 5.41) is 9.93. The highest BCUT2D eigenvalue weighted by Crippen LogP contribution is 2.22. The first kappa shape index (κ1) is 21.2. The molecule has 0 bridgehead atoms. The van der Waals surface area contributed by atoms with Crippen LogP contribution in [0.2, 0.25) is 0 Å². The molecule has 1 aromatic heterocycles. The van der Waals surface area contributed by atoms with E-state index in [1.54, 1.807) is 12.1 Å². The Kier molecular flexibility index (Phi) is 6.82. The monoisotopic (exact) mass is 429 g/mol. The Labute approximate surface area is 186 Å². The third-order valence-corrected chi connectivity index (χ3v) is 4.83. The van der Waals surface area contributed by atoms with Gasteiger partial charge in [0.2, 0.25) is 0 Å².